The lowest BCUT2D eigenvalue weighted by atomic mass is 9.78. The average Bonchev–Trinajstić information content (AvgIpc) is 2.93. The molecule has 2 rings (SSSR count). The molecule has 6 heteroatoms. The Morgan fingerprint density at radius 1 is 1.33 bits per heavy atom. The van der Waals surface area contributed by atoms with Crippen molar-refractivity contribution in [2.24, 2.45) is 5.73 Å². The first-order chi connectivity index (χ1) is 11.4. The van der Waals surface area contributed by atoms with Crippen molar-refractivity contribution >= 4 is 17.6 Å². The third-order valence-corrected chi connectivity index (χ3v) is 4.68. The minimum absolute atomic E-state index is 0.0342. The lowest BCUT2D eigenvalue weighted by Gasteiger charge is -2.27. The average molecular weight is 332 g/mol. The number of ketones is 1. The molecule has 0 saturated carbocycles. The van der Waals surface area contributed by atoms with Gasteiger partial charge in [-0.05, 0) is 25.3 Å². The lowest BCUT2D eigenvalue weighted by Crippen LogP contribution is -2.45. The molecule has 3 unspecified atom stereocenters. The Bertz CT molecular complexity index is 617. The summed E-state index contributed by atoms with van der Waals surface area (Å²) in [4.78, 5) is 36.0. The van der Waals surface area contributed by atoms with E-state index in [-0.39, 0.29) is 37.2 Å². The van der Waals surface area contributed by atoms with E-state index in [1.807, 2.05) is 37.3 Å². The Labute approximate surface area is 141 Å². The van der Waals surface area contributed by atoms with Gasteiger partial charge in [0.1, 0.15) is 12.6 Å². The van der Waals surface area contributed by atoms with Gasteiger partial charge in [0.25, 0.3) is 0 Å². The zero-order valence-corrected chi connectivity index (χ0v) is 14.1. The Hall–Kier alpha value is -2.21. The molecule has 3 N–H and O–H groups in total. The molecule has 0 bridgehead atoms. The maximum atomic E-state index is 12.2. The number of carbonyl (C=O) groups excluding carboxylic acids is 3. The molecule has 130 valence electrons. The molecule has 1 heterocycles. The van der Waals surface area contributed by atoms with Crippen LogP contribution in [0.4, 0.5) is 0 Å². The molecule has 24 heavy (non-hydrogen) atoms. The first-order valence-electron chi connectivity index (χ1n) is 8.17. The van der Waals surface area contributed by atoms with Crippen LogP contribution in [-0.2, 0) is 24.5 Å². The third kappa shape index (κ3) is 3.82. The SMILES string of the molecule is CCC1OCC(=O)C1NC(=O)CCC(C)(C(N)=O)c1ccccc1. The van der Waals surface area contributed by atoms with Gasteiger partial charge in [0.05, 0.1) is 11.5 Å². The summed E-state index contributed by atoms with van der Waals surface area (Å²) in [6, 6.07) is 8.56. The molecule has 0 radical (unpaired) electrons. The summed E-state index contributed by atoms with van der Waals surface area (Å²) in [6.07, 6.45) is 0.753. The second-order valence-corrected chi connectivity index (χ2v) is 6.33. The Kier molecular flexibility index (Phi) is 5.72. The van der Waals surface area contributed by atoms with Crippen LogP contribution in [0.25, 0.3) is 0 Å². The van der Waals surface area contributed by atoms with E-state index in [1.54, 1.807) is 6.92 Å². The van der Waals surface area contributed by atoms with Crippen molar-refractivity contribution in [2.75, 3.05) is 6.61 Å². The largest absolute Gasteiger partial charge is 0.369 e. The van der Waals surface area contributed by atoms with Crippen LogP contribution in [0.2, 0.25) is 0 Å². The Morgan fingerprint density at radius 2 is 2.00 bits per heavy atom. The summed E-state index contributed by atoms with van der Waals surface area (Å²) in [5.74, 6) is -0.871. The van der Waals surface area contributed by atoms with Crippen LogP contribution >= 0.6 is 0 Å². The third-order valence-electron chi connectivity index (χ3n) is 4.68. The minimum Gasteiger partial charge on any atom is -0.369 e. The first-order valence-corrected chi connectivity index (χ1v) is 8.17. The van der Waals surface area contributed by atoms with E-state index in [2.05, 4.69) is 5.32 Å². The number of amides is 2. The van der Waals surface area contributed by atoms with Gasteiger partial charge in [-0.1, -0.05) is 37.3 Å². The molecule has 2 amide bonds. The first kappa shape index (κ1) is 18.1. The van der Waals surface area contributed by atoms with E-state index >= 15 is 0 Å². The zero-order valence-electron chi connectivity index (χ0n) is 14.1. The second-order valence-electron chi connectivity index (χ2n) is 6.33. The van der Waals surface area contributed by atoms with Gasteiger partial charge >= 0.3 is 0 Å². The van der Waals surface area contributed by atoms with Crippen molar-refractivity contribution in [3.05, 3.63) is 35.9 Å². The van der Waals surface area contributed by atoms with E-state index in [0.29, 0.717) is 6.42 Å². The molecule has 0 aliphatic carbocycles. The standard InChI is InChI=1S/C18H24N2O4/c1-3-14-16(13(21)11-24-14)20-15(22)9-10-18(2,17(19)23)12-7-5-4-6-8-12/h4-8,14,16H,3,9-11H2,1-2H3,(H2,19,23)(H,20,22). The predicted octanol–water partition coefficient (Wildman–Crippen LogP) is 1.07. The van der Waals surface area contributed by atoms with Crippen molar-refractivity contribution < 1.29 is 19.1 Å². The molecular weight excluding hydrogens is 308 g/mol. The highest BCUT2D eigenvalue weighted by Crippen LogP contribution is 2.28. The van der Waals surface area contributed by atoms with Gasteiger partial charge in [-0.2, -0.15) is 0 Å². The van der Waals surface area contributed by atoms with Crippen LogP contribution in [0.1, 0.15) is 38.7 Å². The molecule has 0 spiro atoms. The summed E-state index contributed by atoms with van der Waals surface area (Å²) < 4.78 is 5.34. The molecule has 1 aliphatic rings. The number of rotatable bonds is 7. The van der Waals surface area contributed by atoms with Crippen molar-refractivity contribution in [3.63, 3.8) is 0 Å². The number of hydrogen-bond donors (Lipinski definition) is 2. The highest BCUT2D eigenvalue weighted by Gasteiger charge is 2.37. The fourth-order valence-corrected chi connectivity index (χ4v) is 2.93. The van der Waals surface area contributed by atoms with Crippen LogP contribution in [0, 0.1) is 0 Å². The summed E-state index contributed by atoms with van der Waals surface area (Å²) in [5, 5.41) is 2.73. The van der Waals surface area contributed by atoms with E-state index in [0.717, 1.165) is 5.56 Å². The number of nitrogens with two attached hydrogens (primary N) is 1. The molecule has 1 aromatic rings. The number of nitrogens with one attached hydrogen (secondary N) is 1. The molecule has 6 nitrogen and oxygen atoms in total. The molecular formula is C18H24N2O4. The summed E-state index contributed by atoms with van der Waals surface area (Å²) in [5.41, 5.74) is 5.42. The van der Waals surface area contributed by atoms with E-state index in [9.17, 15) is 14.4 Å². The normalized spacial score (nSPS) is 22.8. The topological polar surface area (TPSA) is 98.5 Å². The number of Topliss-reactive ketones (excluding diaryl/α,β-unsaturated/α-hetero) is 1. The van der Waals surface area contributed by atoms with Gasteiger partial charge < -0.3 is 15.8 Å². The fraction of sp³-hybridized carbons (Fsp3) is 0.500. The number of benzene rings is 1. The smallest absolute Gasteiger partial charge is 0.227 e. The number of hydrogen-bond acceptors (Lipinski definition) is 4. The maximum Gasteiger partial charge on any atom is 0.227 e. The van der Waals surface area contributed by atoms with Gasteiger partial charge in [0, 0.05) is 6.42 Å². The highest BCUT2D eigenvalue weighted by molar-refractivity contribution is 5.92. The maximum absolute atomic E-state index is 12.2. The number of primary amides is 1. The Balaban J connectivity index is 2.01. The van der Waals surface area contributed by atoms with Crippen molar-refractivity contribution in [2.45, 2.75) is 50.7 Å². The van der Waals surface area contributed by atoms with E-state index in [1.165, 1.54) is 0 Å². The van der Waals surface area contributed by atoms with Crippen LogP contribution in [0.15, 0.2) is 30.3 Å². The van der Waals surface area contributed by atoms with Gasteiger partial charge in [-0.15, -0.1) is 0 Å². The molecule has 1 saturated heterocycles. The van der Waals surface area contributed by atoms with Crippen LogP contribution in [0.5, 0.6) is 0 Å². The predicted molar refractivity (Wildman–Crippen MR) is 89.2 cm³/mol. The molecule has 1 aromatic carbocycles. The van der Waals surface area contributed by atoms with Gasteiger partial charge in [-0.25, -0.2) is 0 Å². The molecule has 1 aliphatic heterocycles. The van der Waals surface area contributed by atoms with Crippen molar-refractivity contribution in [3.8, 4) is 0 Å². The van der Waals surface area contributed by atoms with E-state index in [4.69, 9.17) is 10.5 Å². The fourth-order valence-electron chi connectivity index (χ4n) is 2.93. The lowest BCUT2D eigenvalue weighted by molar-refractivity contribution is -0.127. The molecule has 0 aromatic heterocycles. The number of carbonyl (C=O) groups is 3. The zero-order chi connectivity index (χ0) is 17.7. The summed E-state index contributed by atoms with van der Waals surface area (Å²) in [6.45, 7) is 3.67. The van der Waals surface area contributed by atoms with Gasteiger partial charge in [-0.3, -0.25) is 14.4 Å². The molecule has 3 atom stereocenters. The monoisotopic (exact) mass is 332 g/mol. The van der Waals surface area contributed by atoms with Gasteiger partial charge in [0.2, 0.25) is 11.8 Å². The van der Waals surface area contributed by atoms with Gasteiger partial charge in [0.15, 0.2) is 5.78 Å². The van der Waals surface area contributed by atoms with Crippen LogP contribution < -0.4 is 11.1 Å². The Morgan fingerprint density at radius 3 is 2.58 bits per heavy atom. The second kappa shape index (κ2) is 7.57. The number of ether oxygens (including phenoxy) is 1. The highest BCUT2D eigenvalue weighted by atomic mass is 16.5. The van der Waals surface area contributed by atoms with Crippen LogP contribution in [0.3, 0.4) is 0 Å². The quantitative estimate of drug-likeness (QED) is 0.780. The van der Waals surface area contributed by atoms with E-state index < -0.39 is 17.4 Å². The summed E-state index contributed by atoms with van der Waals surface area (Å²) in [7, 11) is 0. The van der Waals surface area contributed by atoms with Crippen LogP contribution in [-0.4, -0.2) is 36.4 Å². The summed E-state index contributed by atoms with van der Waals surface area (Å²) >= 11 is 0. The van der Waals surface area contributed by atoms with Crippen molar-refractivity contribution in [1.82, 2.24) is 5.32 Å². The van der Waals surface area contributed by atoms with Crippen molar-refractivity contribution in [1.29, 1.82) is 0 Å². The minimum atomic E-state index is -0.932. The molecule has 1 fully saturated rings.